The highest BCUT2D eigenvalue weighted by Crippen LogP contribution is 2.30. The number of rotatable bonds is 11. The Hall–Kier alpha value is -2.78. The third-order valence-corrected chi connectivity index (χ3v) is 9.06. The summed E-state index contributed by atoms with van der Waals surface area (Å²) in [7, 11) is -4.19. The molecule has 3 rings (SSSR count). The average molecular weight is 611 g/mol. The Bertz CT molecular complexity index is 1410. The molecule has 11 heteroatoms. The van der Waals surface area contributed by atoms with E-state index < -0.39 is 28.5 Å². The van der Waals surface area contributed by atoms with Gasteiger partial charge in [-0.3, -0.25) is 13.9 Å². The molecule has 0 radical (unpaired) electrons. The van der Waals surface area contributed by atoms with E-state index in [1.165, 1.54) is 23.1 Å². The van der Waals surface area contributed by atoms with Crippen LogP contribution in [0.25, 0.3) is 0 Å². The fourth-order valence-electron chi connectivity index (χ4n) is 3.82. The van der Waals surface area contributed by atoms with E-state index in [0.717, 1.165) is 9.87 Å². The highest BCUT2D eigenvalue weighted by Gasteiger charge is 2.33. The van der Waals surface area contributed by atoms with Crippen LogP contribution in [0.4, 0.5) is 5.69 Å². The first-order valence-corrected chi connectivity index (χ1v) is 14.9. The molecule has 0 aliphatic carbocycles. The van der Waals surface area contributed by atoms with E-state index in [1.54, 1.807) is 62.4 Å². The molecule has 0 heterocycles. The third kappa shape index (κ3) is 7.45. The van der Waals surface area contributed by atoms with Gasteiger partial charge in [0.1, 0.15) is 12.6 Å². The standard InChI is InChI=1S/C28H30Cl3N3O4S/c1-4-15-32-28(36)20(3)33(17-23-24(29)11-8-12-25(23)30)27(35)18-34(21-14-13-19(2)26(31)16-21)39(37,38)22-9-6-5-7-10-22/h5-14,16,20H,4,15,17-18H2,1-3H3,(H,32,36). The largest absolute Gasteiger partial charge is 0.354 e. The van der Waals surface area contributed by atoms with Crippen molar-refractivity contribution in [3.05, 3.63) is 92.9 Å². The molecule has 1 N–H and O–H groups in total. The summed E-state index contributed by atoms with van der Waals surface area (Å²) in [5, 5.41) is 3.78. The molecule has 1 atom stereocenters. The normalized spacial score (nSPS) is 12.1. The van der Waals surface area contributed by atoms with Crippen molar-refractivity contribution in [3.63, 3.8) is 0 Å². The van der Waals surface area contributed by atoms with Crippen LogP contribution >= 0.6 is 34.8 Å². The first-order valence-electron chi connectivity index (χ1n) is 12.3. The predicted octanol–water partition coefficient (Wildman–Crippen LogP) is 6.09. The molecule has 0 bridgehead atoms. The van der Waals surface area contributed by atoms with Crippen LogP contribution in [0, 0.1) is 6.92 Å². The van der Waals surface area contributed by atoms with E-state index in [1.807, 2.05) is 6.92 Å². The molecule has 7 nitrogen and oxygen atoms in total. The Kier molecular flexibility index (Phi) is 10.7. The fourth-order valence-corrected chi connectivity index (χ4v) is 5.94. The van der Waals surface area contributed by atoms with Crippen LogP contribution in [0.2, 0.25) is 15.1 Å². The van der Waals surface area contributed by atoms with E-state index in [-0.39, 0.29) is 23.0 Å². The Morgan fingerprint density at radius 1 is 0.923 bits per heavy atom. The van der Waals surface area contributed by atoms with E-state index >= 15 is 0 Å². The lowest BCUT2D eigenvalue weighted by atomic mass is 10.1. The Balaban J connectivity index is 2.07. The van der Waals surface area contributed by atoms with Gasteiger partial charge in [0.25, 0.3) is 10.0 Å². The van der Waals surface area contributed by atoms with Crippen molar-refractivity contribution >= 4 is 62.3 Å². The molecule has 208 valence electrons. The van der Waals surface area contributed by atoms with Crippen molar-refractivity contribution in [1.29, 1.82) is 0 Å². The van der Waals surface area contributed by atoms with Gasteiger partial charge >= 0.3 is 0 Å². The highest BCUT2D eigenvalue weighted by atomic mass is 35.5. The van der Waals surface area contributed by atoms with Crippen molar-refractivity contribution in [2.45, 2.75) is 44.7 Å². The molecule has 0 saturated carbocycles. The van der Waals surface area contributed by atoms with Gasteiger partial charge in [0.2, 0.25) is 11.8 Å². The van der Waals surface area contributed by atoms with Crippen LogP contribution in [-0.4, -0.2) is 44.3 Å². The van der Waals surface area contributed by atoms with Crippen molar-refractivity contribution in [1.82, 2.24) is 10.2 Å². The minimum absolute atomic E-state index is 0.00364. The van der Waals surface area contributed by atoms with Gasteiger partial charge in [-0.2, -0.15) is 0 Å². The number of sulfonamides is 1. The summed E-state index contributed by atoms with van der Waals surface area (Å²) in [6.45, 7) is 5.01. The predicted molar refractivity (Wildman–Crippen MR) is 157 cm³/mol. The molecule has 0 saturated heterocycles. The monoisotopic (exact) mass is 609 g/mol. The number of halogens is 3. The van der Waals surface area contributed by atoms with Crippen LogP contribution in [0.15, 0.2) is 71.6 Å². The molecule has 0 spiro atoms. The molecule has 39 heavy (non-hydrogen) atoms. The zero-order valence-corrected chi connectivity index (χ0v) is 24.9. The van der Waals surface area contributed by atoms with Gasteiger partial charge in [0.15, 0.2) is 0 Å². The zero-order valence-electron chi connectivity index (χ0n) is 21.8. The third-order valence-electron chi connectivity index (χ3n) is 6.16. The second-order valence-corrected chi connectivity index (χ2v) is 12.0. The van der Waals surface area contributed by atoms with Crippen molar-refractivity contribution in [3.8, 4) is 0 Å². The molecule has 3 aromatic rings. The summed E-state index contributed by atoms with van der Waals surface area (Å²) in [5.74, 6) is -1.01. The van der Waals surface area contributed by atoms with Crippen LogP contribution in [0.5, 0.6) is 0 Å². The molecular weight excluding hydrogens is 581 g/mol. The van der Waals surface area contributed by atoms with Gasteiger partial charge in [0.05, 0.1) is 10.6 Å². The Morgan fingerprint density at radius 2 is 1.56 bits per heavy atom. The minimum Gasteiger partial charge on any atom is -0.354 e. The van der Waals surface area contributed by atoms with Gasteiger partial charge in [-0.1, -0.05) is 72.1 Å². The maximum atomic E-state index is 13.9. The van der Waals surface area contributed by atoms with Gasteiger partial charge in [0, 0.05) is 33.7 Å². The average Bonchev–Trinajstić information content (AvgIpc) is 2.91. The quantitative estimate of drug-likeness (QED) is 0.285. The van der Waals surface area contributed by atoms with Crippen molar-refractivity contribution < 1.29 is 18.0 Å². The number of carbonyl (C=O) groups is 2. The molecule has 0 fully saturated rings. The SMILES string of the molecule is CCCNC(=O)C(C)N(Cc1c(Cl)cccc1Cl)C(=O)CN(c1ccc(C)c(Cl)c1)S(=O)(=O)c1ccccc1. The summed E-state index contributed by atoms with van der Waals surface area (Å²) in [6, 6.07) is 16.5. The first-order chi connectivity index (χ1) is 18.5. The van der Waals surface area contributed by atoms with Crippen molar-refractivity contribution in [2.75, 3.05) is 17.4 Å². The van der Waals surface area contributed by atoms with Crippen LogP contribution in [0.1, 0.15) is 31.4 Å². The zero-order chi connectivity index (χ0) is 28.7. The maximum absolute atomic E-state index is 13.9. The minimum atomic E-state index is -4.19. The van der Waals surface area contributed by atoms with E-state index in [4.69, 9.17) is 34.8 Å². The number of nitrogens with zero attached hydrogens (tertiary/aromatic N) is 2. The molecule has 0 aliphatic heterocycles. The second kappa shape index (κ2) is 13.5. The number of carbonyl (C=O) groups excluding carboxylic acids is 2. The first kappa shape index (κ1) is 30.8. The number of nitrogens with one attached hydrogen (secondary N) is 1. The van der Waals surface area contributed by atoms with Gasteiger partial charge < -0.3 is 10.2 Å². The Labute approximate surface area is 244 Å². The summed E-state index contributed by atoms with van der Waals surface area (Å²) in [5.41, 5.74) is 1.40. The molecule has 0 aromatic heterocycles. The van der Waals surface area contributed by atoms with Gasteiger partial charge in [-0.15, -0.1) is 0 Å². The summed E-state index contributed by atoms with van der Waals surface area (Å²) in [4.78, 5) is 28.2. The second-order valence-electron chi connectivity index (χ2n) is 8.95. The summed E-state index contributed by atoms with van der Waals surface area (Å²) >= 11 is 19.1. The lowest BCUT2D eigenvalue weighted by molar-refractivity contribution is -0.139. The van der Waals surface area contributed by atoms with Crippen molar-refractivity contribution in [2.24, 2.45) is 0 Å². The maximum Gasteiger partial charge on any atom is 0.264 e. The number of amides is 2. The lowest BCUT2D eigenvalue weighted by Gasteiger charge is -2.32. The van der Waals surface area contributed by atoms with Gasteiger partial charge in [-0.05, 0) is 62.2 Å². The smallest absolute Gasteiger partial charge is 0.264 e. The number of hydrogen-bond donors (Lipinski definition) is 1. The number of benzene rings is 3. The molecule has 1 unspecified atom stereocenters. The number of hydrogen-bond acceptors (Lipinski definition) is 4. The van der Waals surface area contributed by atoms with Crippen LogP contribution < -0.4 is 9.62 Å². The summed E-state index contributed by atoms with van der Waals surface area (Å²) < 4.78 is 28.6. The molecular formula is C28H30Cl3N3O4S. The number of anilines is 1. The van der Waals surface area contributed by atoms with E-state index in [9.17, 15) is 18.0 Å². The topological polar surface area (TPSA) is 86.8 Å². The van der Waals surface area contributed by atoms with Crippen LogP contribution in [-0.2, 0) is 26.2 Å². The molecule has 2 amide bonds. The van der Waals surface area contributed by atoms with Crippen LogP contribution in [0.3, 0.4) is 0 Å². The fraction of sp³-hybridized carbons (Fsp3) is 0.286. The summed E-state index contributed by atoms with van der Waals surface area (Å²) in [6.07, 6.45) is 0.708. The highest BCUT2D eigenvalue weighted by molar-refractivity contribution is 7.92. The Morgan fingerprint density at radius 3 is 2.15 bits per heavy atom. The van der Waals surface area contributed by atoms with E-state index in [0.29, 0.717) is 33.6 Å². The van der Waals surface area contributed by atoms with Gasteiger partial charge in [-0.25, -0.2) is 8.42 Å². The molecule has 3 aromatic carbocycles. The lowest BCUT2D eigenvalue weighted by Crippen LogP contribution is -2.51. The number of aryl methyl sites for hydroxylation is 1. The molecule has 0 aliphatic rings. The van der Waals surface area contributed by atoms with E-state index in [2.05, 4.69) is 5.32 Å².